The molecule has 0 radical (unpaired) electrons. The van der Waals surface area contributed by atoms with Crippen molar-refractivity contribution in [3.63, 3.8) is 0 Å². The van der Waals surface area contributed by atoms with Crippen molar-refractivity contribution in [2.45, 2.75) is 13.2 Å². The van der Waals surface area contributed by atoms with E-state index in [-0.39, 0.29) is 17.7 Å². The topological polar surface area (TPSA) is 46.6 Å². The van der Waals surface area contributed by atoms with Crippen LogP contribution in [-0.4, -0.2) is 16.0 Å². The minimum atomic E-state index is -0.342. The highest BCUT2D eigenvalue weighted by atomic mass is 127. The van der Waals surface area contributed by atoms with Crippen LogP contribution in [0.2, 0.25) is 10.0 Å². The third-order valence-corrected chi connectivity index (χ3v) is 7.86. The first-order chi connectivity index (χ1) is 15.8. The van der Waals surface area contributed by atoms with Gasteiger partial charge in [0, 0.05) is 10.0 Å². The molecular weight excluding hydrogens is 707 g/mol. The minimum absolute atomic E-state index is 0.0966. The quantitative estimate of drug-likeness (QED) is 0.191. The highest BCUT2D eigenvalue weighted by molar-refractivity contribution is 14.1. The van der Waals surface area contributed by atoms with Crippen LogP contribution in [0.5, 0.6) is 5.75 Å². The van der Waals surface area contributed by atoms with E-state index in [1.165, 1.54) is 4.90 Å². The van der Waals surface area contributed by atoms with E-state index in [0.29, 0.717) is 27.1 Å². The maximum atomic E-state index is 12.9. The summed E-state index contributed by atoms with van der Waals surface area (Å²) in [7, 11) is 0. The molecule has 3 aromatic carbocycles. The zero-order chi connectivity index (χ0) is 23.5. The van der Waals surface area contributed by atoms with Crippen molar-refractivity contribution in [2.75, 3.05) is 0 Å². The highest BCUT2D eigenvalue weighted by Crippen LogP contribution is 2.36. The van der Waals surface area contributed by atoms with Gasteiger partial charge in [0.05, 0.1) is 18.6 Å². The Balaban J connectivity index is 1.51. The smallest absolute Gasteiger partial charge is 0.293 e. The molecular formula is C24H15Cl2I2NO3S. The molecule has 0 bridgehead atoms. The van der Waals surface area contributed by atoms with Gasteiger partial charge in [0.15, 0.2) is 0 Å². The molecule has 1 aliphatic rings. The van der Waals surface area contributed by atoms with Gasteiger partial charge in [-0.25, -0.2) is 0 Å². The summed E-state index contributed by atoms with van der Waals surface area (Å²) >= 11 is 17.5. The number of carbonyl (C=O) groups is 2. The first-order valence-corrected chi connectivity index (χ1v) is 13.4. The SMILES string of the molecule is O=C1S/C(=C/c2cc(I)c(OCc3ccccc3)c(I)c2)C(=O)N1Cc1ccc(Cl)cc1Cl. The summed E-state index contributed by atoms with van der Waals surface area (Å²) < 4.78 is 7.88. The van der Waals surface area contributed by atoms with Crippen molar-refractivity contribution in [2.24, 2.45) is 0 Å². The maximum absolute atomic E-state index is 12.9. The fourth-order valence-electron chi connectivity index (χ4n) is 3.14. The van der Waals surface area contributed by atoms with Gasteiger partial charge >= 0.3 is 0 Å². The zero-order valence-corrected chi connectivity index (χ0v) is 23.5. The summed E-state index contributed by atoms with van der Waals surface area (Å²) in [5.41, 5.74) is 2.57. The Morgan fingerprint density at radius 3 is 2.33 bits per heavy atom. The van der Waals surface area contributed by atoms with Crippen LogP contribution in [0.3, 0.4) is 0 Å². The third kappa shape index (κ3) is 6.05. The lowest BCUT2D eigenvalue weighted by molar-refractivity contribution is -0.123. The zero-order valence-electron chi connectivity index (χ0n) is 16.9. The predicted molar refractivity (Wildman–Crippen MR) is 151 cm³/mol. The molecule has 3 aromatic rings. The molecule has 9 heteroatoms. The summed E-state index contributed by atoms with van der Waals surface area (Å²) in [5, 5.41) is 0.586. The van der Waals surface area contributed by atoms with E-state index in [4.69, 9.17) is 27.9 Å². The molecule has 0 N–H and O–H groups in total. The molecule has 1 heterocycles. The first-order valence-electron chi connectivity index (χ1n) is 9.67. The van der Waals surface area contributed by atoms with Crippen LogP contribution in [0.1, 0.15) is 16.7 Å². The van der Waals surface area contributed by atoms with Gasteiger partial charge in [-0.2, -0.15) is 0 Å². The third-order valence-electron chi connectivity index (χ3n) is 4.76. The molecule has 168 valence electrons. The minimum Gasteiger partial charge on any atom is -0.487 e. The number of thioether (sulfide) groups is 1. The van der Waals surface area contributed by atoms with Crippen molar-refractivity contribution >= 4 is 97.4 Å². The number of hydrogen-bond acceptors (Lipinski definition) is 4. The Morgan fingerprint density at radius 1 is 0.970 bits per heavy atom. The molecule has 1 aliphatic heterocycles. The van der Waals surface area contributed by atoms with E-state index < -0.39 is 0 Å². The summed E-state index contributed by atoms with van der Waals surface area (Å²) in [6.45, 7) is 0.567. The molecule has 0 spiro atoms. The van der Waals surface area contributed by atoms with Crippen LogP contribution >= 0.6 is 80.1 Å². The van der Waals surface area contributed by atoms with Crippen LogP contribution < -0.4 is 4.74 Å². The number of halogens is 4. The number of hydrogen-bond donors (Lipinski definition) is 0. The van der Waals surface area contributed by atoms with Crippen molar-refractivity contribution < 1.29 is 14.3 Å². The van der Waals surface area contributed by atoms with Gasteiger partial charge in [-0.3, -0.25) is 14.5 Å². The number of imide groups is 1. The number of amides is 2. The van der Waals surface area contributed by atoms with Gasteiger partial charge in [0.25, 0.3) is 11.1 Å². The van der Waals surface area contributed by atoms with Crippen LogP contribution in [0.15, 0.2) is 65.6 Å². The van der Waals surface area contributed by atoms with Gasteiger partial charge in [-0.15, -0.1) is 0 Å². The van der Waals surface area contributed by atoms with Crippen molar-refractivity contribution in [1.29, 1.82) is 0 Å². The fourth-order valence-corrected chi connectivity index (χ4v) is 6.57. The molecule has 1 fully saturated rings. The standard InChI is InChI=1S/C24H15Cl2I2NO3S/c25-17-7-6-16(18(26)11-17)12-29-23(30)21(33-24(29)31)10-15-8-19(27)22(20(28)9-15)32-13-14-4-2-1-3-5-14/h1-11H,12-13H2/b21-10+. The average Bonchev–Trinajstić information content (AvgIpc) is 3.03. The van der Waals surface area contributed by atoms with Crippen LogP contribution in [0.25, 0.3) is 6.08 Å². The summed E-state index contributed by atoms with van der Waals surface area (Å²) in [6.07, 6.45) is 1.74. The molecule has 0 atom stereocenters. The largest absolute Gasteiger partial charge is 0.487 e. The van der Waals surface area contributed by atoms with Gasteiger partial charge in [-0.05, 0) is 104 Å². The van der Waals surface area contributed by atoms with E-state index in [1.807, 2.05) is 42.5 Å². The second-order valence-corrected chi connectivity index (χ2v) is 11.3. The molecule has 0 aromatic heterocycles. The Hall–Kier alpha value is -1.27. The van der Waals surface area contributed by atoms with Gasteiger partial charge in [-0.1, -0.05) is 59.6 Å². The molecule has 2 amide bonds. The fraction of sp³-hybridized carbons (Fsp3) is 0.0833. The summed E-state index contributed by atoms with van der Waals surface area (Å²) in [5.74, 6) is 0.452. The van der Waals surface area contributed by atoms with Crippen molar-refractivity contribution in [3.8, 4) is 5.75 Å². The van der Waals surface area contributed by atoms with E-state index in [2.05, 4.69) is 45.2 Å². The predicted octanol–water partition coefficient (Wildman–Crippen LogP) is 8.02. The van der Waals surface area contributed by atoms with Crippen LogP contribution in [0.4, 0.5) is 4.79 Å². The van der Waals surface area contributed by atoms with Crippen LogP contribution in [-0.2, 0) is 17.9 Å². The molecule has 33 heavy (non-hydrogen) atoms. The Kier molecular flexibility index (Phi) is 8.27. The lowest BCUT2D eigenvalue weighted by atomic mass is 10.2. The number of rotatable bonds is 6. The Bertz CT molecular complexity index is 1240. The molecule has 0 aliphatic carbocycles. The second kappa shape index (κ2) is 11.0. The summed E-state index contributed by atoms with van der Waals surface area (Å²) in [4.78, 5) is 27.0. The molecule has 0 unspecified atom stereocenters. The van der Waals surface area contributed by atoms with E-state index in [0.717, 1.165) is 35.8 Å². The van der Waals surface area contributed by atoms with Crippen molar-refractivity contribution in [1.82, 2.24) is 4.90 Å². The van der Waals surface area contributed by atoms with Crippen LogP contribution in [0, 0.1) is 7.14 Å². The average molecular weight is 722 g/mol. The number of carbonyl (C=O) groups excluding carboxylic acids is 2. The van der Waals surface area contributed by atoms with E-state index >= 15 is 0 Å². The molecule has 0 saturated carbocycles. The maximum Gasteiger partial charge on any atom is 0.293 e. The van der Waals surface area contributed by atoms with Gasteiger partial charge in [0.2, 0.25) is 0 Å². The monoisotopic (exact) mass is 721 g/mol. The second-order valence-electron chi connectivity index (χ2n) is 7.09. The van der Waals surface area contributed by atoms with Gasteiger partial charge in [0.1, 0.15) is 12.4 Å². The molecule has 1 saturated heterocycles. The lowest BCUT2D eigenvalue weighted by Gasteiger charge is -2.14. The van der Waals surface area contributed by atoms with Gasteiger partial charge < -0.3 is 4.74 Å². The Morgan fingerprint density at radius 2 is 1.67 bits per heavy atom. The summed E-state index contributed by atoms with van der Waals surface area (Å²) in [6, 6.07) is 18.8. The molecule has 4 rings (SSSR count). The van der Waals surface area contributed by atoms with E-state index in [1.54, 1.807) is 24.3 Å². The normalized spacial score (nSPS) is 14.9. The first kappa shape index (κ1) is 24.8. The lowest BCUT2D eigenvalue weighted by Crippen LogP contribution is -2.27. The Labute approximate surface area is 232 Å². The molecule has 4 nitrogen and oxygen atoms in total. The van der Waals surface area contributed by atoms with Crippen molar-refractivity contribution in [3.05, 3.63) is 99.4 Å². The highest BCUT2D eigenvalue weighted by Gasteiger charge is 2.35. The number of benzene rings is 3. The number of nitrogens with zero attached hydrogens (tertiary/aromatic N) is 1. The number of ether oxygens (including phenoxy) is 1. The van der Waals surface area contributed by atoms with E-state index in [9.17, 15) is 9.59 Å².